The summed E-state index contributed by atoms with van der Waals surface area (Å²) < 4.78 is 83.4. The zero-order chi connectivity index (χ0) is 27.9. The van der Waals surface area contributed by atoms with Crippen LogP contribution in [0.25, 0.3) is 11.1 Å². The highest BCUT2D eigenvalue weighted by atomic mass is 19.2. The summed E-state index contributed by atoms with van der Waals surface area (Å²) >= 11 is 0. The maximum Gasteiger partial charge on any atom is 0.201 e. The van der Waals surface area contributed by atoms with Gasteiger partial charge in [0, 0.05) is 5.56 Å². The lowest BCUT2D eigenvalue weighted by molar-refractivity contribution is 0.283. The molecule has 0 unspecified atom stereocenters. The fourth-order valence-electron chi connectivity index (χ4n) is 5.36. The number of ether oxygens (including phenoxy) is 2. The van der Waals surface area contributed by atoms with Gasteiger partial charge >= 0.3 is 0 Å². The molecule has 7 heteroatoms. The topological polar surface area (TPSA) is 18.5 Å². The van der Waals surface area contributed by atoms with Gasteiger partial charge in [-0.25, -0.2) is 13.2 Å². The molecule has 0 spiro atoms. The quantitative estimate of drug-likeness (QED) is 0.176. The second-order valence-electron chi connectivity index (χ2n) is 10.2. The Balaban J connectivity index is 1.33. The Morgan fingerprint density at radius 3 is 2.13 bits per heavy atom. The van der Waals surface area contributed by atoms with Gasteiger partial charge in [0.1, 0.15) is 5.82 Å². The van der Waals surface area contributed by atoms with E-state index in [1.807, 2.05) is 6.92 Å². The van der Waals surface area contributed by atoms with Crippen LogP contribution in [0.1, 0.15) is 75.8 Å². The molecular weight excluding hydrogens is 511 g/mol. The first-order valence-corrected chi connectivity index (χ1v) is 13.8. The van der Waals surface area contributed by atoms with Crippen molar-refractivity contribution < 1.29 is 31.4 Å². The number of benzene rings is 3. The van der Waals surface area contributed by atoms with Crippen LogP contribution < -0.4 is 9.47 Å². The van der Waals surface area contributed by atoms with Crippen molar-refractivity contribution >= 4 is 0 Å². The van der Waals surface area contributed by atoms with Gasteiger partial charge in [0.2, 0.25) is 11.6 Å². The molecule has 1 fully saturated rings. The molecule has 1 aliphatic rings. The second kappa shape index (κ2) is 13.3. The molecule has 0 atom stereocenters. The van der Waals surface area contributed by atoms with E-state index in [4.69, 9.17) is 9.47 Å². The molecule has 0 radical (unpaired) electrons. The highest BCUT2D eigenvalue weighted by Crippen LogP contribution is 2.40. The number of unbranched alkanes of at least 4 members (excludes halogenated alkanes) is 1. The zero-order valence-electron chi connectivity index (χ0n) is 22.5. The van der Waals surface area contributed by atoms with Crippen molar-refractivity contribution in [3.63, 3.8) is 0 Å². The van der Waals surface area contributed by atoms with Gasteiger partial charge in [-0.1, -0.05) is 31.5 Å². The first kappa shape index (κ1) is 28.9. The number of aryl methyl sites for hydroxylation is 1. The van der Waals surface area contributed by atoms with E-state index in [2.05, 4.69) is 0 Å². The van der Waals surface area contributed by atoms with Crippen LogP contribution in [0, 0.1) is 35.0 Å². The van der Waals surface area contributed by atoms with E-state index in [-0.39, 0.29) is 35.2 Å². The third-order valence-electron chi connectivity index (χ3n) is 7.65. The molecule has 0 aliphatic heterocycles. The minimum atomic E-state index is -1.09. The lowest BCUT2D eigenvalue weighted by Gasteiger charge is -2.29. The molecule has 0 amide bonds. The summed E-state index contributed by atoms with van der Waals surface area (Å²) in [4.78, 5) is 0. The smallest absolute Gasteiger partial charge is 0.201 e. The first-order chi connectivity index (χ1) is 18.8. The summed E-state index contributed by atoms with van der Waals surface area (Å²) in [5, 5.41) is 0. The average molecular weight is 547 g/mol. The molecule has 0 saturated heterocycles. The van der Waals surface area contributed by atoms with E-state index < -0.39 is 29.1 Å². The van der Waals surface area contributed by atoms with Gasteiger partial charge in [0.05, 0.1) is 13.2 Å². The van der Waals surface area contributed by atoms with Crippen LogP contribution >= 0.6 is 0 Å². The molecule has 0 N–H and O–H groups in total. The summed E-state index contributed by atoms with van der Waals surface area (Å²) in [7, 11) is 0. The minimum Gasteiger partial charge on any atom is -0.491 e. The van der Waals surface area contributed by atoms with Crippen LogP contribution in [-0.4, -0.2) is 13.2 Å². The van der Waals surface area contributed by atoms with Gasteiger partial charge in [-0.15, -0.1) is 0 Å². The Hall–Kier alpha value is -3.09. The van der Waals surface area contributed by atoms with E-state index in [1.165, 1.54) is 24.3 Å². The molecule has 39 heavy (non-hydrogen) atoms. The standard InChI is InChI=1S/C32H35F5O2/c1-3-5-18-39-28-17-14-24(29(34)32(28)37)21-9-6-20(7-10-21)8-11-22-12-13-23(19-26(22)33)25-15-16-27(38-4-2)31(36)30(25)35/h12-17,19-21H,3-11,18H2,1-2H3. The molecule has 2 nitrogen and oxygen atoms in total. The molecule has 210 valence electrons. The van der Waals surface area contributed by atoms with Gasteiger partial charge in [0.25, 0.3) is 0 Å². The molecule has 1 saturated carbocycles. The van der Waals surface area contributed by atoms with Gasteiger partial charge < -0.3 is 9.47 Å². The summed E-state index contributed by atoms with van der Waals surface area (Å²) in [6, 6.07) is 10.3. The SMILES string of the molecule is CCCCOc1ccc(C2CCC(CCc3ccc(-c4ccc(OCC)c(F)c4F)cc3F)CC2)c(F)c1F. The Bertz CT molecular complexity index is 1270. The van der Waals surface area contributed by atoms with Gasteiger partial charge in [-0.3, -0.25) is 0 Å². The van der Waals surface area contributed by atoms with Gasteiger partial charge in [-0.2, -0.15) is 8.78 Å². The molecule has 1 aliphatic carbocycles. The lowest BCUT2D eigenvalue weighted by Crippen LogP contribution is -2.16. The van der Waals surface area contributed by atoms with Crippen molar-refractivity contribution in [2.75, 3.05) is 13.2 Å². The lowest BCUT2D eigenvalue weighted by atomic mass is 9.76. The normalized spacial score (nSPS) is 17.3. The van der Waals surface area contributed by atoms with Crippen molar-refractivity contribution in [1.29, 1.82) is 0 Å². The summed E-state index contributed by atoms with van der Waals surface area (Å²) in [6.45, 7) is 4.24. The van der Waals surface area contributed by atoms with Crippen LogP contribution in [-0.2, 0) is 6.42 Å². The van der Waals surface area contributed by atoms with E-state index >= 15 is 0 Å². The van der Waals surface area contributed by atoms with Crippen LogP contribution in [0.15, 0.2) is 42.5 Å². The third kappa shape index (κ3) is 6.74. The zero-order valence-corrected chi connectivity index (χ0v) is 22.5. The number of halogens is 5. The molecule has 3 aromatic carbocycles. The Kier molecular flexibility index (Phi) is 9.87. The highest BCUT2D eigenvalue weighted by Gasteiger charge is 2.27. The predicted molar refractivity (Wildman–Crippen MR) is 143 cm³/mol. The van der Waals surface area contributed by atoms with Crippen LogP contribution in [0.5, 0.6) is 11.5 Å². The largest absolute Gasteiger partial charge is 0.491 e. The molecule has 0 aromatic heterocycles. The van der Waals surface area contributed by atoms with E-state index in [0.717, 1.165) is 44.9 Å². The fraction of sp³-hybridized carbons (Fsp3) is 0.438. The van der Waals surface area contributed by atoms with Crippen molar-refractivity contribution in [1.82, 2.24) is 0 Å². The van der Waals surface area contributed by atoms with Crippen molar-refractivity contribution in [3.05, 3.63) is 82.7 Å². The van der Waals surface area contributed by atoms with Gasteiger partial charge in [-0.05, 0) is 105 Å². The van der Waals surface area contributed by atoms with Crippen LogP contribution in [0.4, 0.5) is 22.0 Å². The summed E-state index contributed by atoms with van der Waals surface area (Å²) in [5.41, 5.74) is 1.14. The maximum absolute atomic E-state index is 14.9. The van der Waals surface area contributed by atoms with Crippen molar-refractivity contribution in [3.8, 4) is 22.6 Å². The number of hydrogen-bond acceptors (Lipinski definition) is 2. The van der Waals surface area contributed by atoms with Crippen LogP contribution in [0.2, 0.25) is 0 Å². The molecule has 0 heterocycles. The Morgan fingerprint density at radius 2 is 1.44 bits per heavy atom. The maximum atomic E-state index is 14.9. The van der Waals surface area contributed by atoms with Crippen molar-refractivity contribution in [2.24, 2.45) is 5.92 Å². The highest BCUT2D eigenvalue weighted by molar-refractivity contribution is 5.65. The minimum absolute atomic E-state index is 0.0241. The number of hydrogen-bond donors (Lipinski definition) is 0. The third-order valence-corrected chi connectivity index (χ3v) is 7.65. The number of rotatable bonds is 11. The fourth-order valence-corrected chi connectivity index (χ4v) is 5.36. The van der Waals surface area contributed by atoms with E-state index in [9.17, 15) is 22.0 Å². The van der Waals surface area contributed by atoms with E-state index in [1.54, 1.807) is 25.1 Å². The molecule has 3 aromatic rings. The molecule has 4 rings (SSSR count). The average Bonchev–Trinajstić information content (AvgIpc) is 2.94. The monoisotopic (exact) mass is 546 g/mol. The van der Waals surface area contributed by atoms with E-state index in [0.29, 0.717) is 30.1 Å². The molecule has 0 bridgehead atoms. The Labute approximate surface area is 227 Å². The second-order valence-corrected chi connectivity index (χ2v) is 10.2. The molecular formula is C32H35F5O2. The van der Waals surface area contributed by atoms with Crippen molar-refractivity contribution in [2.45, 2.75) is 71.1 Å². The van der Waals surface area contributed by atoms with Crippen LogP contribution in [0.3, 0.4) is 0 Å². The summed E-state index contributed by atoms with van der Waals surface area (Å²) in [6.07, 6.45) is 6.12. The Morgan fingerprint density at radius 1 is 0.744 bits per heavy atom. The van der Waals surface area contributed by atoms with Gasteiger partial charge in [0.15, 0.2) is 23.1 Å². The summed E-state index contributed by atoms with van der Waals surface area (Å²) in [5.74, 6) is -4.28. The predicted octanol–water partition coefficient (Wildman–Crippen LogP) is 9.53. The first-order valence-electron chi connectivity index (χ1n) is 13.8.